The van der Waals surface area contributed by atoms with Gasteiger partial charge in [0.15, 0.2) is 10.8 Å². The molecule has 0 atom stereocenters. The summed E-state index contributed by atoms with van der Waals surface area (Å²) in [4.78, 5) is 28.1. The zero-order chi connectivity index (χ0) is 14.4. The van der Waals surface area contributed by atoms with E-state index in [0.29, 0.717) is 18.3 Å². The molecule has 6 nitrogen and oxygen atoms in total. The molecule has 0 aliphatic heterocycles. The molecule has 2 N–H and O–H groups in total. The summed E-state index contributed by atoms with van der Waals surface area (Å²) < 4.78 is 4.82. The molecule has 0 aliphatic rings. The Kier molecular flexibility index (Phi) is 5.08. The Balaban J connectivity index is 1.83. The third-order valence-corrected chi connectivity index (χ3v) is 3.85. The summed E-state index contributed by atoms with van der Waals surface area (Å²) in [5, 5.41) is 9.14. The highest BCUT2D eigenvalue weighted by Gasteiger charge is 2.12. The van der Waals surface area contributed by atoms with Crippen molar-refractivity contribution in [2.45, 2.75) is 13.5 Å². The number of carbonyl (C=O) groups is 2. The van der Waals surface area contributed by atoms with Gasteiger partial charge in [-0.25, -0.2) is 14.6 Å². The van der Waals surface area contributed by atoms with Gasteiger partial charge in [-0.3, -0.25) is 5.32 Å². The van der Waals surface area contributed by atoms with Gasteiger partial charge in [-0.1, -0.05) is 6.07 Å². The van der Waals surface area contributed by atoms with Gasteiger partial charge in [0.05, 0.1) is 13.2 Å². The number of amides is 2. The molecule has 0 aliphatic carbocycles. The first kappa shape index (κ1) is 14.5. The highest BCUT2D eigenvalue weighted by molar-refractivity contribution is 7.14. The lowest BCUT2D eigenvalue weighted by Gasteiger charge is -2.03. The molecule has 0 bridgehead atoms. The lowest BCUT2D eigenvalue weighted by Crippen LogP contribution is -2.27. The van der Waals surface area contributed by atoms with E-state index in [1.807, 2.05) is 17.5 Å². The number of ether oxygens (including phenoxy) is 1. The van der Waals surface area contributed by atoms with E-state index in [4.69, 9.17) is 4.74 Å². The summed E-state index contributed by atoms with van der Waals surface area (Å²) in [5.41, 5.74) is 0.199. The van der Waals surface area contributed by atoms with Crippen LogP contribution in [0.15, 0.2) is 22.9 Å². The monoisotopic (exact) mass is 311 g/mol. The molecule has 2 aromatic heterocycles. The molecular formula is C12H13N3O3S2. The van der Waals surface area contributed by atoms with Crippen molar-refractivity contribution < 1.29 is 14.3 Å². The van der Waals surface area contributed by atoms with Crippen LogP contribution in [0.3, 0.4) is 0 Å². The Labute approximate surface area is 123 Å². The van der Waals surface area contributed by atoms with Gasteiger partial charge in [0.1, 0.15) is 0 Å². The fourth-order valence-corrected chi connectivity index (χ4v) is 2.67. The van der Waals surface area contributed by atoms with Gasteiger partial charge in [0.2, 0.25) is 0 Å². The van der Waals surface area contributed by atoms with Crippen LogP contribution in [0.2, 0.25) is 0 Å². The van der Waals surface area contributed by atoms with Gasteiger partial charge in [-0.2, -0.15) is 0 Å². The number of nitrogens with one attached hydrogen (secondary N) is 2. The minimum absolute atomic E-state index is 0.199. The molecule has 0 fully saturated rings. The lowest BCUT2D eigenvalue weighted by atomic mass is 10.5. The summed E-state index contributed by atoms with van der Waals surface area (Å²) in [6, 6.07) is 3.50. The minimum atomic E-state index is -0.490. The van der Waals surface area contributed by atoms with E-state index < -0.39 is 5.97 Å². The third-order valence-electron chi connectivity index (χ3n) is 2.21. The Hall–Kier alpha value is -1.93. The molecule has 2 aromatic rings. The van der Waals surface area contributed by atoms with Crippen LogP contribution < -0.4 is 10.6 Å². The Morgan fingerprint density at radius 1 is 1.40 bits per heavy atom. The maximum Gasteiger partial charge on any atom is 0.357 e. The summed E-state index contributed by atoms with van der Waals surface area (Å²) in [6.45, 7) is 2.47. The number of thiophene rings is 1. The van der Waals surface area contributed by atoms with E-state index >= 15 is 0 Å². The van der Waals surface area contributed by atoms with Gasteiger partial charge < -0.3 is 10.1 Å². The number of esters is 1. The van der Waals surface area contributed by atoms with Crippen LogP contribution >= 0.6 is 22.7 Å². The molecular weight excluding hydrogens is 298 g/mol. The molecule has 2 heterocycles. The van der Waals surface area contributed by atoms with Crippen molar-refractivity contribution in [3.05, 3.63) is 33.5 Å². The average Bonchev–Trinajstić information content (AvgIpc) is 3.07. The van der Waals surface area contributed by atoms with Gasteiger partial charge in [0, 0.05) is 10.3 Å². The predicted octanol–water partition coefficient (Wildman–Crippen LogP) is 2.70. The standard InChI is InChI=1S/C12H13N3O3S2/c1-2-18-10(16)9-7-20-12(14-9)15-11(17)13-6-8-4-3-5-19-8/h3-5,7H,2,6H2,1H3,(H2,13,14,15,17). The first-order valence-corrected chi connectivity index (χ1v) is 7.65. The van der Waals surface area contributed by atoms with Crippen LogP contribution in [0, 0.1) is 0 Å². The van der Waals surface area contributed by atoms with Crippen molar-refractivity contribution in [2.75, 3.05) is 11.9 Å². The van der Waals surface area contributed by atoms with Crippen LogP contribution in [0.4, 0.5) is 9.93 Å². The molecule has 106 valence electrons. The van der Waals surface area contributed by atoms with E-state index in [1.165, 1.54) is 11.3 Å². The Morgan fingerprint density at radius 2 is 2.25 bits per heavy atom. The SMILES string of the molecule is CCOC(=O)c1csc(NC(=O)NCc2cccs2)n1. The molecule has 0 unspecified atom stereocenters. The first-order chi connectivity index (χ1) is 9.69. The molecule has 0 aromatic carbocycles. The van der Waals surface area contributed by atoms with Crippen molar-refractivity contribution in [1.82, 2.24) is 10.3 Å². The smallest absolute Gasteiger partial charge is 0.357 e. The third kappa shape index (κ3) is 4.04. The minimum Gasteiger partial charge on any atom is -0.461 e. The Bertz CT molecular complexity index is 581. The molecule has 0 saturated carbocycles. The van der Waals surface area contributed by atoms with Crippen molar-refractivity contribution in [2.24, 2.45) is 0 Å². The van der Waals surface area contributed by atoms with Crippen LogP contribution in [0.5, 0.6) is 0 Å². The number of thiazole rings is 1. The second-order valence-electron chi connectivity index (χ2n) is 3.65. The van der Waals surface area contributed by atoms with Gasteiger partial charge in [-0.05, 0) is 18.4 Å². The van der Waals surface area contributed by atoms with Crippen molar-refractivity contribution in [1.29, 1.82) is 0 Å². The van der Waals surface area contributed by atoms with Crippen LogP contribution in [0.1, 0.15) is 22.3 Å². The van der Waals surface area contributed by atoms with Crippen molar-refractivity contribution >= 4 is 39.8 Å². The fraction of sp³-hybridized carbons (Fsp3) is 0.250. The van der Waals surface area contributed by atoms with Gasteiger partial charge in [0.25, 0.3) is 0 Å². The zero-order valence-electron chi connectivity index (χ0n) is 10.7. The number of hydrogen-bond acceptors (Lipinski definition) is 6. The lowest BCUT2D eigenvalue weighted by molar-refractivity contribution is 0.0520. The number of nitrogens with zero attached hydrogens (tertiary/aromatic N) is 1. The highest BCUT2D eigenvalue weighted by atomic mass is 32.1. The van der Waals surface area contributed by atoms with E-state index in [9.17, 15) is 9.59 Å². The molecule has 8 heteroatoms. The van der Waals surface area contributed by atoms with Crippen LogP contribution in [-0.4, -0.2) is 23.6 Å². The van der Waals surface area contributed by atoms with Crippen molar-refractivity contribution in [3.8, 4) is 0 Å². The zero-order valence-corrected chi connectivity index (χ0v) is 12.3. The summed E-state index contributed by atoms with van der Waals surface area (Å²) in [5.74, 6) is -0.490. The molecule has 0 saturated heterocycles. The molecule has 2 rings (SSSR count). The van der Waals surface area contributed by atoms with Gasteiger partial charge in [-0.15, -0.1) is 22.7 Å². The molecule has 0 spiro atoms. The van der Waals surface area contributed by atoms with Crippen LogP contribution in [0.25, 0.3) is 0 Å². The summed E-state index contributed by atoms with van der Waals surface area (Å²) >= 11 is 2.74. The fourth-order valence-electron chi connectivity index (χ4n) is 1.35. The summed E-state index contributed by atoms with van der Waals surface area (Å²) in [6.07, 6.45) is 0. The molecule has 2 amide bonds. The number of carbonyl (C=O) groups excluding carboxylic acids is 2. The van der Waals surface area contributed by atoms with E-state index in [-0.39, 0.29) is 11.7 Å². The molecule has 0 radical (unpaired) electrons. The van der Waals surface area contributed by atoms with E-state index in [1.54, 1.807) is 23.6 Å². The maximum absolute atomic E-state index is 11.6. The second-order valence-corrected chi connectivity index (χ2v) is 5.54. The highest BCUT2D eigenvalue weighted by Crippen LogP contribution is 2.16. The summed E-state index contributed by atoms with van der Waals surface area (Å²) in [7, 11) is 0. The predicted molar refractivity (Wildman–Crippen MR) is 78.2 cm³/mol. The van der Waals surface area contributed by atoms with E-state index in [0.717, 1.165) is 4.88 Å². The van der Waals surface area contributed by atoms with Crippen molar-refractivity contribution in [3.63, 3.8) is 0 Å². The number of urea groups is 1. The number of rotatable bonds is 5. The van der Waals surface area contributed by atoms with E-state index in [2.05, 4.69) is 15.6 Å². The topological polar surface area (TPSA) is 80.3 Å². The van der Waals surface area contributed by atoms with Crippen LogP contribution in [-0.2, 0) is 11.3 Å². The normalized spacial score (nSPS) is 10.1. The number of aromatic nitrogens is 1. The quantitative estimate of drug-likeness (QED) is 0.832. The van der Waals surface area contributed by atoms with Gasteiger partial charge >= 0.3 is 12.0 Å². The Morgan fingerprint density at radius 3 is 2.95 bits per heavy atom. The number of anilines is 1. The maximum atomic E-state index is 11.6. The number of hydrogen-bond donors (Lipinski definition) is 2. The first-order valence-electron chi connectivity index (χ1n) is 5.89. The molecule has 20 heavy (non-hydrogen) atoms. The average molecular weight is 311 g/mol. The largest absolute Gasteiger partial charge is 0.461 e. The second kappa shape index (κ2) is 7.01.